The maximum Gasteiger partial charge on any atom is 0.231 e. The van der Waals surface area contributed by atoms with Gasteiger partial charge in [0.1, 0.15) is 0 Å². The van der Waals surface area contributed by atoms with Gasteiger partial charge in [-0.3, -0.25) is 14.4 Å². The molecule has 1 fully saturated rings. The topological polar surface area (TPSA) is 104 Å². The summed E-state index contributed by atoms with van der Waals surface area (Å²) in [6, 6.07) is 17.0. The number of para-hydroxylation sites is 1. The van der Waals surface area contributed by atoms with Gasteiger partial charge in [-0.1, -0.05) is 59.0 Å². The summed E-state index contributed by atoms with van der Waals surface area (Å²) in [5.41, 5.74) is 2.67. The second-order valence-electron chi connectivity index (χ2n) is 7.62. The first kappa shape index (κ1) is 22.9. The monoisotopic (exact) mass is 481 g/mol. The normalized spacial score (nSPS) is 15.5. The van der Waals surface area contributed by atoms with E-state index in [4.69, 9.17) is 0 Å². The van der Waals surface area contributed by atoms with Gasteiger partial charge in [0.15, 0.2) is 4.34 Å². The van der Waals surface area contributed by atoms with Crippen LogP contribution in [0.25, 0.3) is 0 Å². The third-order valence-corrected chi connectivity index (χ3v) is 7.06. The van der Waals surface area contributed by atoms with E-state index in [1.54, 1.807) is 4.90 Å². The van der Waals surface area contributed by atoms with Crippen molar-refractivity contribution in [2.24, 2.45) is 5.92 Å². The molecule has 170 valence electrons. The number of carbonyl (C=O) groups is 3. The molecule has 4 rings (SSSR count). The summed E-state index contributed by atoms with van der Waals surface area (Å²) >= 11 is 2.66. The number of thioether (sulfide) groups is 1. The molecule has 33 heavy (non-hydrogen) atoms. The lowest BCUT2D eigenvalue weighted by atomic mass is 10.1. The number of hydrogen-bond donors (Lipinski definition) is 2. The Morgan fingerprint density at radius 1 is 1.09 bits per heavy atom. The number of aromatic nitrogens is 2. The molecule has 2 N–H and O–H groups in total. The van der Waals surface area contributed by atoms with Gasteiger partial charge in [0.2, 0.25) is 22.9 Å². The van der Waals surface area contributed by atoms with E-state index in [1.807, 2.05) is 61.5 Å². The molecule has 1 aliphatic rings. The van der Waals surface area contributed by atoms with Crippen LogP contribution in [0.4, 0.5) is 16.5 Å². The van der Waals surface area contributed by atoms with Gasteiger partial charge in [0.05, 0.1) is 5.92 Å². The van der Waals surface area contributed by atoms with Crippen LogP contribution in [0, 0.1) is 12.8 Å². The minimum absolute atomic E-state index is 0.0682. The smallest absolute Gasteiger partial charge is 0.231 e. The highest BCUT2D eigenvalue weighted by Crippen LogP contribution is 2.29. The van der Waals surface area contributed by atoms with Crippen molar-refractivity contribution in [1.82, 2.24) is 10.2 Å². The molecule has 1 aromatic heterocycles. The van der Waals surface area contributed by atoms with Gasteiger partial charge in [-0.2, -0.15) is 0 Å². The molecule has 0 aliphatic carbocycles. The molecule has 1 saturated heterocycles. The molecule has 10 heteroatoms. The fourth-order valence-corrected chi connectivity index (χ4v) is 5.12. The Morgan fingerprint density at radius 2 is 1.85 bits per heavy atom. The lowest BCUT2D eigenvalue weighted by molar-refractivity contribution is -0.122. The van der Waals surface area contributed by atoms with Crippen LogP contribution in [0.1, 0.15) is 18.4 Å². The zero-order valence-electron chi connectivity index (χ0n) is 18.0. The van der Waals surface area contributed by atoms with E-state index in [2.05, 4.69) is 20.8 Å². The first-order valence-electron chi connectivity index (χ1n) is 10.5. The first-order valence-corrected chi connectivity index (χ1v) is 12.3. The van der Waals surface area contributed by atoms with E-state index in [0.29, 0.717) is 28.2 Å². The summed E-state index contributed by atoms with van der Waals surface area (Å²) in [5.74, 6) is -0.283. The Hall–Kier alpha value is -3.24. The van der Waals surface area contributed by atoms with Gasteiger partial charge in [-0.15, -0.1) is 10.2 Å². The average Bonchev–Trinajstić information content (AvgIpc) is 3.41. The number of aryl methyl sites for hydroxylation is 1. The Bertz CT molecular complexity index is 1130. The maximum atomic E-state index is 12.7. The van der Waals surface area contributed by atoms with Crippen molar-refractivity contribution >= 4 is 57.3 Å². The molecule has 0 spiro atoms. The van der Waals surface area contributed by atoms with Crippen molar-refractivity contribution in [2.45, 2.75) is 24.1 Å². The van der Waals surface area contributed by atoms with E-state index in [9.17, 15) is 14.4 Å². The predicted octanol–water partition coefficient (Wildman–Crippen LogP) is 3.96. The Labute approximate surface area is 199 Å². The summed E-state index contributed by atoms with van der Waals surface area (Å²) in [6.45, 7) is 2.32. The SMILES string of the molecule is Cc1ccc(N2CC(C(=O)Nc3nnc(SCCC(=O)Nc4ccccc4)s3)CC2=O)cc1. The van der Waals surface area contributed by atoms with E-state index < -0.39 is 5.92 Å². The van der Waals surface area contributed by atoms with Crippen LogP contribution in [-0.2, 0) is 14.4 Å². The fourth-order valence-electron chi connectivity index (χ4n) is 3.36. The van der Waals surface area contributed by atoms with Gasteiger partial charge in [-0.25, -0.2) is 0 Å². The number of hydrogen-bond acceptors (Lipinski definition) is 7. The average molecular weight is 482 g/mol. The molecule has 0 bridgehead atoms. The van der Waals surface area contributed by atoms with Gasteiger partial charge < -0.3 is 15.5 Å². The number of benzene rings is 2. The molecule has 0 saturated carbocycles. The first-order chi connectivity index (χ1) is 16.0. The van der Waals surface area contributed by atoms with Gasteiger partial charge in [0.25, 0.3) is 0 Å². The summed E-state index contributed by atoms with van der Waals surface area (Å²) in [7, 11) is 0. The largest absolute Gasteiger partial charge is 0.326 e. The third kappa shape index (κ3) is 6.17. The lowest BCUT2D eigenvalue weighted by Crippen LogP contribution is -2.28. The van der Waals surface area contributed by atoms with Crippen LogP contribution in [0.3, 0.4) is 0 Å². The molecule has 8 nitrogen and oxygen atoms in total. The fraction of sp³-hybridized carbons (Fsp3) is 0.261. The number of carbonyl (C=O) groups excluding carboxylic acids is 3. The summed E-state index contributed by atoms with van der Waals surface area (Å²) in [5, 5.41) is 14.1. The molecule has 1 unspecified atom stereocenters. The molecule has 1 atom stereocenters. The van der Waals surface area contributed by atoms with Crippen molar-refractivity contribution < 1.29 is 14.4 Å². The number of rotatable bonds is 8. The van der Waals surface area contributed by atoms with Crippen molar-refractivity contribution in [2.75, 3.05) is 27.8 Å². The van der Waals surface area contributed by atoms with Crippen LogP contribution in [0.5, 0.6) is 0 Å². The van der Waals surface area contributed by atoms with Crippen LogP contribution in [0.2, 0.25) is 0 Å². The van der Waals surface area contributed by atoms with E-state index in [1.165, 1.54) is 23.1 Å². The Morgan fingerprint density at radius 3 is 2.61 bits per heavy atom. The number of amides is 3. The van der Waals surface area contributed by atoms with Gasteiger partial charge >= 0.3 is 0 Å². The minimum atomic E-state index is -0.444. The van der Waals surface area contributed by atoms with Crippen LogP contribution in [-0.4, -0.2) is 40.2 Å². The second kappa shape index (κ2) is 10.6. The highest BCUT2D eigenvalue weighted by Gasteiger charge is 2.35. The number of nitrogens with zero attached hydrogens (tertiary/aromatic N) is 3. The summed E-state index contributed by atoms with van der Waals surface area (Å²) < 4.78 is 0.668. The molecular weight excluding hydrogens is 458 g/mol. The third-order valence-electron chi connectivity index (χ3n) is 5.09. The molecule has 3 amide bonds. The maximum absolute atomic E-state index is 12.7. The highest BCUT2D eigenvalue weighted by atomic mass is 32.2. The molecule has 3 aromatic rings. The molecular formula is C23H23N5O3S2. The number of anilines is 3. The zero-order chi connectivity index (χ0) is 23.2. The van der Waals surface area contributed by atoms with Gasteiger partial charge in [0, 0.05) is 36.5 Å². The molecule has 1 aliphatic heterocycles. The molecule has 0 radical (unpaired) electrons. The summed E-state index contributed by atoms with van der Waals surface area (Å²) in [6.07, 6.45) is 0.497. The highest BCUT2D eigenvalue weighted by molar-refractivity contribution is 8.01. The molecule has 2 aromatic carbocycles. The zero-order valence-corrected chi connectivity index (χ0v) is 19.6. The van der Waals surface area contributed by atoms with E-state index in [0.717, 1.165) is 16.9 Å². The Balaban J connectivity index is 1.23. The predicted molar refractivity (Wildman–Crippen MR) is 131 cm³/mol. The van der Waals surface area contributed by atoms with Crippen molar-refractivity contribution in [3.63, 3.8) is 0 Å². The van der Waals surface area contributed by atoms with Crippen molar-refractivity contribution in [3.8, 4) is 0 Å². The van der Waals surface area contributed by atoms with Gasteiger partial charge in [-0.05, 0) is 31.2 Å². The molecule has 2 heterocycles. The minimum Gasteiger partial charge on any atom is -0.326 e. The van der Waals surface area contributed by atoms with Crippen LogP contribution < -0.4 is 15.5 Å². The quantitative estimate of drug-likeness (QED) is 0.373. The van der Waals surface area contributed by atoms with E-state index in [-0.39, 0.29) is 24.1 Å². The standard InChI is InChI=1S/C23H23N5O3S2/c1-15-7-9-18(10-8-15)28-14-16(13-20(28)30)21(31)25-22-26-27-23(33-22)32-12-11-19(29)24-17-5-3-2-4-6-17/h2-10,16H,11-14H2,1H3,(H,24,29)(H,25,26,31). The lowest BCUT2D eigenvalue weighted by Gasteiger charge is -2.16. The second-order valence-corrected chi connectivity index (χ2v) is 9.94. The summed E-state index contributed by atoms with van der Waals surface area (Å²) in [4.78, 5) is 38.7. The number of nitrogens with one attached hydrogen (secondary N) is 2. The Kier molecular flexibility index (Phi) is 7.36. The van der Waals surface area contributed by atoms with E-state index >= 15 is 0 Å². The van der Waals surface area contributed by atoms with Crippen LogP contribution in [0.15, 0.2) is 58.9 Å². The van der Waals surface area contributed by atoms with Crippen molar-refractivity contribution in [1.29, 1.82) is 0 Å². The van der Waals surface area contributed by atoms with Crippen LogP contribution >= 0.6 is 23.1 Å². The van der Waals surface area contributed by atoms with Crippen molar-refractivity contribution in [3.05, 3.63) is 60.2 Å².